The quantitative estimate of drug-likeness (QED) is 0.687. The van der Waals surface area contributed by atoms with E-state index in [9.17, 15) is 13.7 Å². The second kappa shape index (κ2) is 8.20. The van der Waals surface area contributed by atoms with Crippen LogP contribution >= 0.6 is 0 Å². The number of hydrogen-bond acceptors (Lipinski definition) is 4. The summed E-state index contributed by atoms with van der Waals surface area (Å²) in [6.45, 7) is 8.37. The summed E-state index contributed by atoms with van der Waals surface area (Å²) in [6, 6.07) is 14.4. The van der Waals surface area contributed by atoms with E-state index in [1.54, 1.807) is 24.3 Å². The Morgan fingerprint density at radius 2 is 1.93 bits per heavy atom. The molecule has 4 nitrogen and oxygen atoms in total. The van der Waals surface area contributed by atoms with Crippen molar-refractivity contribution in [2.45, 2.75) is 38.5 Å². The van der Waals surface area contributed by atoms with Crippen LogP contribution in [0.25, 0.3) is 6.08 Å². The minimum atomic E-state index is -3.82. The van der Waals surface area contributed by atoms with Crippen LogP contribution in [-0.2, 0) is 16.3 Å². The summed E-state index contributed by atoms with van der Waals surface area (Å²) in [5, 5.41) is 9.51. The molecule has 0 bridgehead atoms. The third kappa shape index (κ3) is 4.28. The molecule has 146 valence electrons. The fourth-order valence-corrected chi connectivity index (χ4v) is 4.74. The third-order valence-corrected chi connectivity index (χ3v) is 6.61. The van der Waals surface area contributed by atoms with Crippen molar-refractivity contribution in [3.05, 3.63) is 64.1 Å². The van der Waals surface area contributed by atoms with Gasteiger partial charge in [-0.1, -0.05) is 37.6 Å². The number of benzene rings is 2. The van der Waals surface area contributed by atoms with E-state index in [4.69, 9.17) is 0 Å². The predicted octanol–water partition coefficient (Wildman–Crippen LogP) is 4.74. The molecule has 2 aromatic rings. The highest BCUT2D eigenvalue weighted by Gasteiger charge is 2.22. The van der Waals surface area contributed by atoms with E-state index < -0.39 is 9.84 Å². The summed E-state index contributed by atoms with van der Waals surface area (Å²) in [5.74, 6) is 0.579. The number of hydrogen-bond donors (Lipinski definition) is 0. The van der Waals surface area contributed by atoms with E-state index in [1.165, 1.54) is 17.3 Å². The number of nitrogens with zero attached hydrogens (tertiary/aromatic N) is 2. The molecule has 0 amide bonds. The Morgan fingerprint density at radius 1 is 1.21 bits per heavy atom. The standard InChI is InChI=1S/C23H26N2O2S/c1-17(2)16-25-12-4-5-20-13-19(8-11-23(20)25)14-22(15-24)28(26,27)21-9-6-18(3)7-10-21/h6-11,13-14,17H,4-5,12,16H2,1-3H3. The number of sulfone groups is 1. The molecule has 3 rings (SSSR count). The maximum absolute atomic E-state index is 12.8. The Balaban J connectivity index is 1.95. The van der Waals surface area contributed by atoms with Gasteiger partial charge in [-0.25, -0.2) is 8.42 Å². The first-order valence-corrected chi connectivity index (χ1v) is 11.1. The van der Waals surface area contributed by atoms with E-state index in [1.807, 2.05) is 25.1 Å². The Bertz CT molecular complexity index is 1030. The number of allylic oxidation sites excluding steroid dienone is 1. The number of aryl methyl sites for hydroxylation is 2. The molecule has 0 unspecified atom stereocenters. The number of rotatable bonds is 5. The first-order chi connectivity index (χ1) is 13.3. The maximum atomic E-state index is 12.8. The summed E-state index contributed by atoms with van der Waals surface area (Å²) in [6.07, 6.45) is 3.54. The summed E-state index contributed by atoms with van der Waals surface area (Å²) >= 11 is 0. The van der Waals surface area contributed by atoms with Gasteiger partial charge in [0.05, 0.1) is 4.90 Å². The second-order valence-electron chi connectivity index (χ2n) is 7.77. The lowest BCUT2D eigenvalue weighted by atomic mass is 9.98. The van der Waals surface area contributed by atoms with Crippen LogP contribution in [0.1, 0.15) is 37.0 Å². The molecule has 28 heavy (non-hydrogen) atoms. The van der Waals surface area contributed by atoms with Crippen LogP contribution in [0.4, 0.5) is 5.69 Å². The van der Waals surface area contributed by atoms with E-state index in [0.717, 1.165) is 37.1 Å². The highest BCUT2D eigenvalue weighted by atomic mass is 32.2. The summed E-state index contributed by atoms with van der Waals surface area (Å²) < 4.78 is 25.7. The lowest BCUT2D eigenvalue weighted by Crippen LogP contribution is -2.32. The van der Waals surface area contributed by atoms with Gasteiger partial charge < -0.3 is 4.90 Å². The summed E-state index contributed by atoms with van der Waals surface area (Å²) in [7, 11) is -3.82. The smallest absolute Gasteiger partial charge is 0.216 e. The molecule has 0 radical (unpaired) electrons. The fraction of sp³-hybridized carbons (Fsp3) is 0.348. The van der Waals surface area contributed by atoms with Crippen molar-refractivity contribution in [1.29, 1.82) is 5.26 Å². The largest absolute Gasteiger partial charge is 0.371 e. The molecule has 0 N–H and O–H groups in total. The van der Waals surface area contributed by atoms with Crippen LogP contribution in [0.5, 0.6) is 0 Å². The lowest BCUT2D eigenvalue weighted by molar-refractivity contribution is 0.584. The monoisotopic (exact) mass is 394 g/mol. The first kappa shape index (κ1) is 20.2. The zero-order chi connectivity index (χ0) is 20.3. The van der Waals surface area contributed by atoms with Crippen molar-refractivity contribution in [3.63, 3.8) is 0 Å². The topological polar surface area (TPSA) is 61.2 Å². The molecule has 1 aliphatic rings. The number of anilines is 1. The van der Waals surface area contributed by atoms with Crippen LogP contribution in [0.15, 0.2) is 52.3 Å². The molecule has 0 saturated heterocycles. The second-order valence-corrected chi connectivity index (χ2v) is 9.69. The number of nitriles is 1. The van der Waals surface area contributed by atoms with E-state index in [0.29, 0.717) is 5.92 Å². The van der Waals surface area contributed by atoms with E-state index in [2.05, 4.69) is 24.8 Å². The van der Waals surface area contributed by atoms with Gasteiger partial charge >= 0.3 is 0 Å². The van der Waals surface area contributed by atoms with Gasteiger partial charge in [0.15, 0.2) is 0 Å². The van der Waals surface area contributed by atoms with Gasteiger partial charge in [-0.2, -0.15) is 5.26 Å². The van der Waals surface area contributed by atoms with Crippen molar-refractivity contribution in [2.24, 2.45) is 5.92 Å². The Labute approximate surface area is 168 Å². The zero-order valence-electron chi connectivity index (χ0n) is 16.6. The highest BCUT2D eigenvalue weighted by Crippen LogP contribution is 2.30. The molecule has 1 heterocycles. The molecule has 2 aromatic carbocycles. The Hall–Kier alpha value is -2.58. The van der Waals surface area contributed by atoms with E-state index >= 15 is 0 Å². The lowest BCUT2D eigenvalue weighted by Gasteiger charge is -2.32. The van der Waals surface area contributed by atoms with Gasteiger partial charge in [-0.05, 0) is 67.2 Å². The van der Waals surface area contributed by atoms with Gasteiger partial charge in [0.1, 0.15) is 11.0 Å². The Kier molecular flexibility index (Phi) is 5.90. The van der Waals surface area contributed by atoms with Gasteiger partial charge in [0, 0.05) is 18.8 Å². The van der Waals surface area contributed by atoms with Gasteiger partial charge in [0.25, 0.3) is 0 Å². The van der Waals surface area contributed by atoms with Crippen LogP contribution in [0.3, 0.4) is 0 Å². The molecular formula is C23H26N2O2S. The molecule has 0 aliphatic carbocycles. The summed E-state index contributed by atoms with van der Waals surface area (Å²) in [4.78, 5) is 2.31. The van der Waals surface area contributed by atoms with Crippen LogP contribution in [0, 0.1) is 24.2 Å². The average Bonchev–Trinajstić information content (AvgIpc) is 2.66. The summed E-state index contributed by atoms with van der Waals surface area (Å²) in [5.41, 5.74) is 4.15. The van der Waals surface area contributed by atoms with Crippen LogP contribution < -0.4 is 4.90 Å². The van der Waals surface area contributed by atoms with Crippen LogP contribution in [-0.4, -0.2) is 21.5 Å². The predicted molar refractivity (Wildman–Crippen MR) is 114 cm³/mol. The SMILES string of the molecule is Cc1ccc(S(=O)(=O)C(C#N)=Cc2ccc3c(c2)CCCN3CC(C)C)cc1. The van der Waals surface area contributed by atoms with Gasteiger partial charge in [-0.3, -0.25) is 0 Å². The van der Waals surface area contributed by atoms with Gasteiger partial charge in [-0.15, -0.1) is 0 Å². The molecule has 1 aliphatic heterocycles. The van der Waals surface area contributed by atoms with Crippen molar-refractivity contribution in [3.8, 4) is 6.07 Å². The van der Waals surface area contributed by atoms with Crippen molar-refractivity contribution < 1.29 is 8.42 Å². The zero-order valence-corrected chi connectivity index (χ0v) is 17.5. The molecule has 0 atom stereocenters. The van der Waals surface area contributed by atoms with Crippen molar-refractivity contribution in [1.82, 2.24) is 0 Å². The molecular weight excluding hydrogens is 368 g/mol. The Morgan fingerprint density at radius 3 is 2.57 bits per heavy atom. The fourth-order valence-electron chi connectivity index (χ4n) is 3.58. The minimum Gasteiger partial charge on any atom is -0.371 e. The number of fused-ring (bicyclic) bond motifs is 1. The van der Waals surface area contributed by atoms with Crippen LogP contribution in [0.2, 0.25) is 0 Å². The van der Waals surface area contributed by atoms with Crippen molar-refractivity contribution in [2.75, 3.05) is 18.0 Å². The first-order valence-electron chi connectivity index (χ1n) is 9.62. The normalized spacial score (nSPS) is 14.7. The molecule has 0 saturated carbocycles. The average molecular weight is 395 g/mol. The third-order valence-electron chi connectivity index (χ3n) is 4.93. The molecule has 0 fully saturated rings. The van der Waals surface area contributed by atoms with E-state index in [-0.39, 0.29) is 9.80 Å². The maximum Gasteiger partial charge on any atom is 0.216 e. The minimum absolute atomic E-state index is 0.145. The van der Waals surface area contributed by atoms with Crippen molar-refractivity contribution >= 4 is 21.6 Å². The molecule has 0 aromatic heterocycles. The molecule has 0 spiro atoms. The molecule has 5 heteroatoms. The highest BCUT2D eigenvalue weighted by molar-refractivity contribution is 7.95. The van der Waals surface area contributed by atoms with Gasteiger partial charge in [0.2, 0.25) is 9.84 Å².